The molecule has 0 spiro atoms. The van der Waals surface area contributed by atoms with E-state index in [1.165, 1.54) is 6.07 Å². The van der Waals surface area contributed by atoms with Crippen LogP contribution in [0.25, 0.3) is 0 Å². The lowest BCUT2D eigenvalue weighted by molar-refractivity contribution is -0.148. The van der Waals surface area contributed by atoms with Crippen molar-refractivity contribution in [3.05, 3.63) is 29.8 Å². The Bertz CT molecular complexity index is 761. The van der Waals surface area contributed by atoms with Crippen molar-refractivity contribution < 1.29 is 35.9 Å². The minimum atomic E-state index is -4.53. The van der Waals surface area contributed by atoms with Crippen LogP contribution in [-0.4, -0.2) is 38.4 Å². The quantitative estimate of drug-likeness (QED) is 0.791. The molecule has 6 nitrogen and oxygen atoms in total. The molecule has 0 saturated carbocycles. The second kappa shape index (κ2) is 7.42. The van der Waals surface area contributed by atoms with E-state index in [0.717, 1.165) is 18.2 Å². The number of carbonyl (C=O) groups is 2. The van der Waals surface area contributed by atoms with Crippen LogP contribution in [0, 0.1) is 5.92 Å². The molecule has 0 bridgehead atoms. The van der Waals surface area contributed by atoms with Crippen LogP contribution >= 0.6 is 0 Å². The van der Waals surface area contributed by atoms with Crippen LogP contribution in [0.3, 0.4) is 0 Å². The van der Waals surface area contributed by atoms with Crippen molar-refractivity contribution in [2.45, 2.75) is 19.0 Å². The van der Waals surface area contributed by atoms with Crippen molar-refractivity contribution in [1.29, 1.82) is 0 Å². The van der Waals surface area contributed by atoms with Gasteiger partial charge < -0.3 is 10.1 Å². The van der Waals surface area contributed by atoms with E-state index in [2.05, 4.69) is 5.32 Å². The predicted octanol–water partition coefficient (Wildman–Crippen LogP) is 2.01. The molecule has 10 heteroatoms. The van der Waals surface area contributed by atoms with E-state index in [-0.39, 0.29) is 29.5 Å². The molecule has 1 heterocycles. The topological polar surface area (TPSA) is 89.5 Å². The van der Waals surface area contributed by atoms with Gasteiger partial charge in [0.1, 0.15) is 0 Å². The zero-order valence-electron chi connectivity index (χ0n) is 13.0. The number of alkyl halides is 3. The number of anilines is 1. The van der Waals surface area contributed by atoms with Gasteiger partial charge in [-0.3, -0.25) is 9.59 Å². The van der Waals surface area contributed by atoms with Gasteiger partial charge in [0.05, 0.1) is 17.1 Å². The summed E-state index contributed by atoms with van der Waals surface area (Å²) in [4.78, 5) is 23.3. The third-order valence-electron chi connectivity index (χ3n) is 3.62. The maximum atomic E-state index is 12.6. The van der Waals surface area contributed by atoms with E-state index in [0.29, 0.717) is 6.42 Å². The molecule has 1 atom stereocenters. The lowest BCUT2D eigenvalue weighted by atomic mass is 10.1. The van der Waals surface area contributed by atoms with Crippen LogP contribution in [0.1, 0.15) is 18.4 Å². The van der Waals surface area contributed by atoms with Gasteiger partial charge in [-0.1, -0.05) is 6.07 Å². The van der Waals surface area contributed by atoms with Crippen LogP contribution in [0.15, 0.2) is 24.3 Å². The molecule has 1 N–H and O–H groups in total. The van der Waals surface area contributed by atoms with E-state index < -0.39 is 40.1 Å². The van der Waals surface area contributed by atoms with Crippen molar-refractivity contribution in [2.75, 3.05) is 23.4 Å². The zero-order valence-corrected chi connectivity index (χ0v) is 13.8. The maximum absolute atomic E-state index is 12.6. The summed E-state index contributed by atoms with van der Waals surface area (Å²) in [6.07, 6.45) is -4.28. The summed E-state index contributed by atoms with van der Waals surface area (Å²) in [6, 6.07) is 4.05. The largest absolute Gasteiger partial charge is 0.456 e. The molecule has 1 aromatic carbocycles. The average molecular weight is 379 g/mol. The number of benzene rings is 1. The highest BCUT2D eigenvalue weighted by molar-refractivity contribution is 7.91. The van der Waals surface area contributed by atoms with Crippen LogP contribution in [0.4, 0.5) is 18.9 Å². The van der Waals surface area contributed by atoms with Gasteiger partial charge in [0.25, 0.3) is 5.91 Å². The molecular formula is C15H16F3NO5S. The molecule has 1 aliphatic heterocycles. The first kappa shape index (κ1) is 19.2. The summed E-state index contributed by atoms with van der Waals surface area (Å²) < 4.78 is 65.1. The summed E-state index contributed by atoms with van der Waals surface area (Å²) >= 11 is 0. The van der Waals surface area contributed by atoms with E-state index >= 15 is 0 Å². The third kappa shape index (κ3) is 6.04. The summed E-state index contributed by atoms with van der Waals surface area (Å²) in [5.74, 6) is -1.89. The van der Waals surface area contributed by atoms with Gasteiger partial charge in [0.15, 0.2) is 16.4 Å². The molecule has 1 fully saturated rings. The van der Waals surface area contributed by atoms with Gasteiger partial charge in [-0.2, -0.15) is 13.2 Å². The molecule has 1 amide bonds. The summed E-state index contributed by atoms with van der Waals surface area (Å²) in [6.45, 7) is -0.658. The van der Waals surface area contributed by atoms with Gasteiger partial charge in [0.2, 0.25) is 0 Å². The zero-order chi connectivity index (χ0) is 18.7. The number of halogens is 3. The van der Waals surface area contributed by atoms with Gasteiger partial charge >= 0.3 is 12.1 Å². The van der Waals surface area contributed by atoms with Crippen LogP contribution in [0.5, 0.6) is 0 Å². The molecule has 1 saturated heterocycles. The predicted molar refractivity (Wildman–Crippen MR) is 82.4 cm³/mol. The van der Waals surface area contributed by atoms with Gasteiger partial charge in [-0.15, -0.1) is 0 Å². The lowest BCUT2D eigenvalue weighted by Crippen LogP contribution is -2.22. The molecule has 25 heavy (non-hydrogen) atoms. The number of rotatable bonds is 5. The minimum Gasteiger partial charge on any atom is -0.456 e. The van der Waals surface area contributed by atoms with Gasteiger partial charge in [0, 0.05) is 12.1 Å². The lowest BCUT2D eigenvalue weighted by Gasteiger charge is -2.11. The Balaban J connectivity index is 1.80. The van der Waals surface area contributed by atoms with E-state index in [1.54, 1.807) is 0 Å². The number of amides is 1. The third-order valence-corrected chi connectivity index (χ3v) is 5.46. The minimum absolute atomic E-state index is 0.0287. The Labute approximate surface area is 142 Å². The monoisotopic (exact) mass is 379 g/mol. The number of hydrogen-bond acceptors (Lipinski definition) is 5. The first-order chi connectivity index (χ1) is 11.5. The first-order valence-electron chi connectivity index (χ1n) is 7.38. The van der Waals surface area contributed by atoms with E-state index in [4.69, 9.17) is 4.74 Å². The van der Waals surface area contributed by atoms with Crippen molar-refractivity contribution in [3.63, 3.8) is 0 Å². The Morgan fingerprint density at radius 2 is 2.00 bits per heavy atom. The highest BCUT2D eigenvalue weighted by Crippen LogP contribution is 2.30. The number of carbonyl (C=O) groups excluding carboxylic acids is 2. The smallest absolute Gasteiger partial charge is 0.416 e. The molecule has 0 aliphatic carbocycles. The molecular weight excluding hydrogens is 363 g/mol. The Hall–Kier alpha value is -2.10. The van der Waals surface area contributed by atoms with E-state index in [9.17, 15) is 31.2 Å². The molecule has 0 radical (unpaired) electrons. The SMILES string of the molecule is O=C(COC(=O)C[C@@H]1CCS(=O)(=O)C1)Nc1cccc(C(F)(F)F)c1. The molecule has 0 unspecified atom stereocenters. The molecule has 2 rings (SSSR count). The van der Waals surface area contributed by atoms with E-state index in [1.807, 2.05) is 0 Å². The summed E-state index contributed by atoms with van der Waals surface area (Å²) in [5, 5.41) is 2.20. The number of esters is 1. The highest BCUT2D eigenvalue weighted by Gasteiger charge is 2.31. The summed E-state index contributed by atoms with van der Waals surface area (Å²) in [7, 11) is -3.11. The fourth-order valence-electron chi connectivity index (χ4n) is 2.44. The van der Waals surface area contributed by atoms with Crippen molar-refractivity contribution in [1.82, 2.24) is 0 Å². The van der Waals surface area contributed by atoms with Crippen LogP contribution < -0.4 is 5.32 Å². The van der Waals surface area contributed by atoms with Gasteiger partial charge in [-0.05, 0) is 30.5 Å². The average Bonchev–Trinajstić information content (AvgIpc) is 2.83. The number of ether oxygens (including phenoxy) is 1. The molecule has 1 aromatic rings. The number of hydrogen-bond donors (Lipinski definition) is 1. The van der Waals surface area contributed by atoms with Crippen LogP contribution in [0.2, 0.25) is 0 Å². The standard InChI is InChI=1S/C15H16F3NO5S/c16-15(17,18)11-2-1-3-12(7-11)19-13(20)8-24-14(21)6-10-4-5-25(22,23)9-10/h1-3,7,10H,4-6,8-9H2,(H,19,20)/t10-/m0/s1. The highest BCUT2D eigenvalue weighted by atomic mass is 32.2. The normalized spacial score (nSPS) is 19.4. The first-order valence-corrected chi connectivity index (χ1v) is 9.20. The number of nitrogens with one attached hydrogen (secondary N) is 1. The van der Waals surface area contributed by atoms with Crippen molar-refractivity contribution in [2.24, 2.45) is 5.92 Å². The van der Waals surface area contributed by atoms with Crippen molar-refractivity contribution >= 4 is 27.4 Å². The fourth-order valence-corrected chi connectivity index (χ4v) is 4.31. The molecule has 0 aromatic heterocycles. The van der Waals surface area contributed by atoms with Crippen LogP contribution in [-0.2, 0) is 30.3 Å². The Morgan fingerprint density at radius 3 is 2.60 bits per heavy atom. The van der Waals surface area contributed by atoms with Crippen molar-refractivity contribution in [3.8, 4) is 0 Å². The molecule has 1 aliphatic rings. The molecule has 138 valence electrons. The fraction of sp³-hybridized carbons (Fsp3) is 0.467. The second-order valence-corrected chi connectivity index (χ2v) is 7.99. The maximum Gasteiger partial charge on any atom is 0.416 e. The number of sulfone groups is 1. The van der Waals surface area contributed by atoms with Gasteiger partial charge in [-0.25, -0.2) is 8.42 Å². The second-order valence-electron chi connectivity index (χ2n) is 5.76. The summed E-state index contributed by atoms with van der Waals surface area (Å²) in [5.41, 5.74) is -0.984. The Morgan fingerprint density at radius 1 is 1.28 bits per heavy atom. The Kier molecular flexibility index (Phi) is 5.71.